The van der Waals surface area contributed by atoms with Gasteiger partial charge in [-0.1, -0.05) is 0 Å². The lowest BCUT2D eigenvalue weighted by Crippen LogP contribution is -2.18. The standard InChI is InChI=1S/C10H13BrN4S/c1-3-15-10(7(11)4-13-15)9(12)8-5-16-6(2)14-8/h4-5,9H,3,12H2,1-2H3. The second-order valence-electron chi connectivity index (χ2n) is 3.46. The summed E-state index contributed by atoms with van der Waals surface area (Å²) in [6.45, 7) is 4.83. The minimum absolute atomic E-state index is 0.221. The zero-order valence-corrected chi connectivity index (χ0v) is 11.5. The molecule has 0 spiro atoms. The molecule has 0 saturated carbocycles. The number of hydrogen-bond donors (Lipinski definition) is 1. The number of rotatable bonds is 3. The van der Waals surface area contributed by atoms with E-state index in [9.17, 15) is 0 Å². The molecule has 1 unspecified atom stereocenters. The fourth-order valence-corrected chi connectivity index (χ4v) is 2.79. The Labute approximate surface area is 107 Å². The van der Waals surface area contributed by atoms with Crippen molar-refractivity contribution in [1.29, 1.82) is 0 Å². The van der Waals surface area contributed by atoms with E-state index < -0.39 is 0 Å². The first-order chi connectivity index (χ1) is 7.63. The number of hydrogen-bond acceptors (Lipinski definition) is 4. The molecule has 2 heterocycles. The minimum Gasteiger partial charge on any atom is -0.318 e. The summed E-state index contributed by atoms with van der Waals surface area (Å²) >= 11 is 5.09. The molecule has 2 aromatic heterocycles. The van der Waals surface area contributed by atoms with Crippen LogP contribution in [0.5, 0.6) is 0 Å². The molecule has 0 bridgehead atoms. The van der Waals surface area contributed by atoms with Crippen molar-refractivity contribution in [3.63, 3.8) is 0 Å². The van der Waals surface area contributed by atoms with Gasteiger partial charge in [0, 0.05) is 11.9 Å². The second-order valence-corrected chi connectivity index (χ2v) is 5.38. The van der Waals surface area contributed by atoms with Crippen molar-refractivity contribution in [2.75, 3.05) is 0 Å². The first-order valence-corrected chi connectivity index (χ1v) is 6.69. The molecule has 0 aliphatic carbocycles. The number of thiazole rings is 1. The molecule has 6 heteroatoms. The molecular formula is C10H13BrN4S. The Morgan fingerprint density at radius 2 is 2.38 bits per heavy atom. The summed E-state index contributed by atoms with van der Waals surface area (Å²) in [5, 5.41) is 7.28. The predicted octanol–water partition coefficient (Wildman–Crippen LogP) is 2.48. The van der Waals surface area contributed by atoms with Crippen molar-refractivity contribution < 1.29 is 0 Å². The van der Waals surface area contributed by atoms with E-state index in [-0.39, 0.29) is 6.04 Å². The summed E-state index contributed by atoms with van der Waals surface area (Å²) in [6.07, 6.45) is 1.78. The zero-order chi connectivity index (χ0) is 11.7. The molecule has 0 radical (unpaired) electrons. The largest absolute Gasteiger partial charge is 0.318 e. The zero-order valence-electron chi connectivity index (χ0n) is 9.14. The molecule has 86 valence electrons. The fourth-order valence-electron chi connectivity index (χ4n) is 1.60. The molecule has 2 N–H and O–H groups in total. The quantitative estimate of drug-likeness (QED) is 0.947. The van der Waals surface area contributed by atoms with Gasteiger partial charge in [0.15, 0.2) is 0 Å². The van der Waals surface area contributed by atoms with E-state index in [4.69, 9.17) is 5.73 Å². The topological polar surface area (TPSA) is 56.7 Å². The Hall–Kier alpha value is -0.720. The monoisotopic (exact) mass is 300 g/mol. The van der Waals surface area contributed by atoms with Gasteiger partial charge in [-0.25, -0.2) is 4.98 Å². The SMILES string of the molecule is CCn1ncc(Br)c1C(N)c1csc(C)n1. The van der Waals surface area contributed by atoms with Gasteiger partial charge in [-0.2, -0.15) is 5.10 Å². The average molecular weight is 301 g/mol. The molecular weight excluding hydrogens is 288 g/mol. The van der Waals surface area contributed by atoms with Crippen LogP contribution in [0, 0.1) is 6.92 Å². The third-order valence-electron chi connectivity index (χ3n) is 2.38. The summed E-state index contributed by atoms with van der Waals surface area (Å²) in [4.78, 5) is 4.41. The van der Waals surface area contributed by atoms with Crippen molar-refractivity contribution in [3.05, 3.63) is 32.4 Å². The third kappa shape index (κ3) is 2.05. The van der Waals surface area contributed by atoms with Gasteiger partial charge in [-0.3, -0.25) is 4.68 Å². The van der Waals surface area contributed by atoms with Gasteiger partial charge in [-0.05, 0) is 29.8 Å². The van der Waals surface area contributed by atoms with Gasteiger partial charge < -0.3 is 5.73 Å². The van der Waals surface area contributed by atoms with Crippen LogP contribution in [0.25, 0.3) is 0 Å². The molecule has 0 aliphatic rings. The maximum Gasteiger partial charge on any atom is 0.0917 e. The Balaban J connectivity index is 2.40. The number of aromatic nitrogens is 3. The van der Waals surface area contributed by atoms with E-state index in [1.54, 1.807) is 17.5 Å². The molecule has 0 fully saturated rings. The van der Waals surface area contributed by atoms with Crippen LogP contribution in [0.3, 0.4) is 0 Å². The summed E-state index contributed by atoms with van der Waals surface area (Å²) in [5.74, 6) is 0. The highest BCUT2D eigenvalue weighted by Gasteiger charge is 2.19. The summed E-state index contributed by atoms with van der Waals surface area (Å²) in [6, 6.07) is -0.221. The van der Waals surface area contributed by atoms with Crippen LogP contribution in [0.2, 0.25) is 0 Å². The Kier molecular flexibility index (Phi) is 3.41. The van der Waals surface area contributed by atoms with E-state index in [2.05, 4.69) is 26.0 Å². The van der Waals surface area contributed by atoms with E-state index in [0.29, 0.717) is 0 Å². The fraction of sp³-hybridized carbons (Fsp3) is 0.400. The third-order valence-corrected chi connectivity index (χ3v) is 3.79. The van der Waals surface area contributed by atoms with E-state index in [1.807, 2.05) is 23.9 Å². The van der Waals surface area contributed by atoms with Crippen LogP contribution in [-0.4, -0.2) is 14.8 Å². The van der Waals surface area contributed by atoms with Crippen molar-refractivity contribution in [2.24, 2.45) is 5.73 Å². The number of nitrogens with zero attached hydrogens (tertiary/aromatic N) is 3. The van der Waals surface area contributed by atoms with Crippen molar-refractivity contribution in [2.45, 2.75) is 26.4 Å². The Morgan fingerprint density at radius 1 is 1.62 bits per heavy atom. The highest BCUT2D eigenvalue weighted by molar-refractivity contribution is 9.10. The molecule has 16 heavy (non-hydrogen) atoms. The van der Waals surface area contributed by atoms with Crippen molar-refractivity contribution in [1.82, 2.24) is 14.8 Å². The summed E-state index contributed by atoms with van der Waals surface area (Å²) in [5.41, 5.74) is 8.09. The van der Waals surface area contributed by atoms with Crippen LogP contribution in [-0.2, 0) is 6.54 Å². The van der Waals surface area contributed by atoms with Crippen LogP contribution in [0.1, 0.15) is 29.4 Å². The lowest BCUT2D eigenvalue weighted by molar-refractivity contribution is 0.595. The normalized spacial score (nSPS) is 13.0. The highest BCUT2D eigenvalue weighted by Crippen LogP contribution is 2.27. The summed E-state index contributed by atoms with van der Waals surface area (Å²) in [7, 11) is 0. The number of halogens is 1. The molecule has 1 atom stereocenters. The molecule has 4 nitrogen and oxygen atoms in total. The minimum atomic E-state index is -0.221. The predicted molar refractivity (Wildman–Crippen MR) is 68.5 cm³/mol. The van der Waals surface area contributed by atoms with Gasteiger partial charge in [0.25, 0.3) is 0 Å². The van der Waals surface area contributed by atoms with Crippen LogP contribution < -0.4 is 5.73 Å². The Bertz CT molecular complexity index is 491. The molecule has 0 saturated heterocycles. The van der Waals surface area contributed by atoms with Gasteiger partial charge >= 0.3 is 0 Å². The maximum atomic E-state index is 6.20. The molecule has 2 aromatic rings. The first-order valence-electron chi connectivity index (χ1n) is 5.02. The van der Waals surface area contributed by atoms with Gasteiger partial charge in [0.05, 0.1) is 33.1 Å². The average Bonchev–Trinajstić information content (AvgIpc) is 2.83. The number of aryl methyl sites for hydroxylation is 2. The lowest BCUT2D eigenvalue weighted by Gasteiger charge is -2.11. The molecule has 0 amide bonds. The van der Waals surface area contributed by atoms with Gasteiger partial charge in [-0.15, -0.1) is 11.3 Å². The van der Waals surface area contributed by atoms with Crippen molar-refractivity contribution >= 4 is 27.3 Å². The second kappa shape index (κ2) is 4.65. The summed E-state index contributed by atoms with van der Waals surface area (Å²) < 4.78 is 2.83. The maximum absolute atomic E-state index is 6.20. The van der Waals surface area contributed by atoms with E-state index in [0.717, 1.165) is 27.4 Å². The lowest BCUT2D eigenvalue weighted by atomic mass is 10.2. The van der Waals surface area contributed by atoms with Gasteiger partial charge in [0.1, 0.15) is 0 Å². The van der Waals surface area contributed by atoms with Gasteiger partial charge in [0.2, 0.25) is 0 Å². The van der Waals surface area contributed by atoms with E-state index >= 15 is 0 Å². The Morgan fingerprint density at radius 3 is 2.94 bits per heavy atom. The highest BCUT2D eigenvalue weighted by atomic mass is 79.9. The van der Waals surface area contributed by atoms with Crippen LogP contribution in [0.4, 0.5) is 0 Å². The van der Waals surface area contributed by atoms with Crippen molar-refractivity contribution in [3.8, 4) is 0 Å². The first kappa shape index (κ1) is 11.8. The molecule has 0 aliphatic heterocycles. The molecule has 2 rings (SSSR count). The molecule has 0 aromatic carbocycles. The number of nitrogens with two attached hydrogens (primary N) is 1. The van der Waals surface area contributed by atoms with Crippen LogP contribution in [0.15, 0.2) is 16.0 Å². The smallest absolute Gasteiger partial charge is 0.0917 e. The van der Waals surface area contributed by atoms with Crippen LogP contribution >= 0.6 is 27.3 Å². The van der Waals surface area contributed by atoms with E-state index in [1.165, 1.54) is 0 Å².